The maximum absolute atomic E-state index is 12.1. The van der Waals surface area contributed by atoms with Gasteiger partial charge in [-0.15, -0.1) is 15.3 Å². The number of carbonyl (C=O) groups excluding carboxylic acids is 1. The predicted octanol–water partition coefficient (Wildman–Crippen LogP) is 2.72. The lowest BCUT2D eigenvalue weighted by molar-refractivity contribution is 0.230. The highest BCUT2D eigenvalue weighted by Crippen LogP contribution is 2.27. The van der Waals surface area contributed by atoms with E-state index >= 15 is 0 Å². The molecule has 8 nitrogen and oxygen atoms in total. The van der Waals surface area contributed by atoms with Crippen LogP contribution >= 0.6 is 0 Å². The van der Waals surface area contributed by atoms with Gasteiger partial charge in [-0.3, -0.25) is 0 Å². The van der Waals surface area contributed by atoms with Gasteiger partial charge in [0.05, 0.1) is 11.7 Å². The molecular weight excluding hydrogens is 330 g/mol. The van der Waals surface area contributed by atoms with Crippen molar-refractivity contribution in [1.82, 2.24) is 24.7 Å². The molecule has 3 rings (SSSR count). The van der Waals surface area contributed by atoms with E-state index in [-0.39, 0.29) is 12.1 Å². The van der Waals surface area contributed by atoms with E-state index in [0.29, 0.717) is 23.0 Å². The average Bonchev–Trinajstić information content (AvgIpc) is 3.02. The van der Waals surface area contributed by atoms with Gasteiger partial charge in [0.15, 0.2) is 11.6 Å². The molecule has 2 aromatic heterocycles. The van der Waals surface area contributed by atoms with Crippen LogP contribution in [0, 0.1) is 6.92 Å². The summed E-state index contributed by atoms with van der Waals surface area (Å²) in [6.07, 6.45) is 0. The first-order valence-corrected chi connectivity index (χ1v) is 8.37. The van der Waals surface area contributed by atoms with Crippen LogP contribution in [-0.4, -0.2) is 51.9 Å². The standard InChI is InChI=1S/C18H23N7O/c1-12(14-9-7-6-8-10-14)24(5)16-11-15(19-18(26)23(3)4)17-21-20-13(2)25(17)22-16/h6-12H,1-5H3,(H,19,26). The van der Waals surface area contributed by atoms with Gasteiger partial charge in [0.2, 0.25) is 5.65 Å². The molecule has 1 unspecified atom stereocenters. The van der Waals surface area contributed by atoms with Crippen molar-refractivity contribution >= 4 is 23.2 Å². The van der Waals surface area contributed by atoms with Crippen molar-refractivity contribution in [2.45, 2.75) is 19.9 Å². The molecule has 0 radical (unpaired) electrons. The molecule has 0 bridgehead atoms. The molecule has 0 aliphatic rings. The lowest BCUT2D eigenvalue weighted by atomic mass is 10.1. The van der Waals surface area contributed by atoms with E-state index < -0.39 is 0 Å². The molecule has 1 N–H and O–H groups in total. The molecule has 0 aliphatic carbocycles. The third kappa shape index (κ3) is 3.30. The third-order valence-electron chi connectivity index (χ3n) is 4.39. The first kappa shape index (κ1) is 17.7. The number of urea groups is 1. The lowest BCUT2D eigenvalue weighted by Gasteiger charge is -2.27. The molecule has 3 aromatic rings. The molecule has 26 heavy (non-hydrogen) atoms. The van der Waals surface area contributed by atoms with Gasteiger partial charge in [-0.1, -0.05) is 30.3 Å². The normalized spacial score (nSPS) is 12.0. The maximum atomic E-state index is 12.1. The van der Waals surface area contributed by atoms with E-state index in [2.05, 4.69) is 44.6 Å². The number of hydrogen-bond acceptors (Lipinski definition) is 5. The Kier molecular flexibility index (Phi) is 4.75. The van der Waals surface area contributed by atoms with Gasteiger partial charge in [0.25, 0.3) is 0 Å². The fourth-order valence-electron chi connectivity index (χ4n) is 2.62. The number of anilines is 2. The van der Waals surface area contributed by atoms with E-state index in [1.807, 2.05) is 38.2 Å². The van der Waals surface area contributed by atoms with Crippen LogP contribution in [0.15, 0.2) is 36.4 Å². The van der Waals surface area contributed by atoms with E-state index in [1.54, 1.807) is 18.6 Å². The van der Waals surface area contributed by atoms with Crippen LogP contribution in [0.5, 0.6) is 0 Å². The number of nitrogens with one attached hydrogen (secondary N) is 1. The minimum Gasteiger partial charge on any atom is -0.351 e. The van der Waals surface area contributed by atoms with Crippen LogP contribution in [0.1, 0.15) is 24.4 Å². The fraction of sp³-hybridized carbons (Fsp3) is 0.333. The zero-order chi connectivity index (χ0) is 18.8. The van der Waals surface area contributed by atoms with Crippen LogP contribution in [-0.2, 0) is 0 Å². The van der Waals surface area contributed by atoms with E-state index in [1.165, 1.54) is 10.5 Å². The first-order chi connectivity index (χ1) is 12.4. The highest BCUT2D eigenvalue weighted by molar-refractivity contribution is 5.93. The molecule has 8 heteroatoms. The van der Waals surface area contributed by atoms with Gasteiger partial charge in [0, 0.05) is 27.2 Å². The number of nitrogens with zero attached hydrogens (tertiary/aromatic N) is 6. The largest absolute Gasteiger partial charge is 0.351 e. The van der Waals surface area contributed by atoms with Crippen LogP contribution < -0.4 is 10.2 Å². The molecule has 1 atom stereocenters. The summed E-state index contributed by atoms with van der Waals surface area (Å²) in [7, 11) is 5.35. The quantitative estimate of drug-likeness (QED) is 0.780. The number of rotatable bonds is 4. The molecule has 0 aliphatic heterocycles. The summed E-state index contributed by atoms with van der Waals surface area (Å²) in [6.45, 7) is 3.94. The number of hydrogen-bond donors (Lipinski definition) is 1. The molecule has 0 spiro atoms. The second-order valence-electron chi connectivity index (χ2n) is 6.42. The molecular formula is C18H23N7O. The first-order valence-electron chi connectivity index (χ1n) is 8.37. The minimum atomic E-state index is -0.233. The number of amides is 2. The molecule has 0 saturated heterocycles. The summed E-state index contributed by atoms with van der Waals surface area (Å²) in [6, 6.07) is 11.9. The van der Waals surface area contributed by atoms with Gasteiger partial charge in [-0.2, -0.15) is 4.52 Å². The van der Waals surface area contributed by atoms with Crippen molar-refractivity contribution in [2.75, 3.05) is 31.4 Å². The minimum absolute atomic E-state index is 0.107. The Bertz CT molecular complexity index is 920. The zero-order valence-corrected chi connectivity index (χ0v) is 15.6. The number of aromatic nitrogens is 4. The van der Waals surface area contributed by atoms with Crippen molar-refractivity contribution in [1.29, 1.82) is 0 Å². The third-order valence-corrected chi connectivity index (χ3v) is 4.39. The molecule has 136 valence electrons. The van der Waals surface area contributed by atoms with E-state index in [9.17, 15) is 4.79 Å². The van der Waals surface area contributed by atoms with Gasteiger partial charge >= 0.3 is 6.03 Å². The highest BCUT2D eigenvalue weighted by atomic mass is 16.2. The summed E-state index contributed by atoms with van der Waals surface area (Å²) in [5.41, 5.74) is 2.26. The zero-order valence-electron chi connectivity index (χ0n) is 15.6. The van der Waals surface area contributed by atoms with Gasteiger partial charge in [-0.05, 0) is 19.4 Å². The number of benzene rings is 1. The van der Waals surface area contributed by atoms with Crippen LogP contribution in [0.3, 0.4) is 0 Å². The second kappa shape index (κ2) is 6.99. The monoisotopic (exact) mass is 353 g/mol. The molecule has 0 saturated carbocycles. The molecule has 1 aromatic carbocycles. The predicted molar refractivity (Wildman–Crippen MR) is 101 cm³/mol. The average molecular weight is 353 g/mol. The topological polar surface area (TPSA) is 78.7 Å². The Labute approximate surface area is 152 Å². The molecule has 2 heterocycles. The summed E-state index contributed by atoms with van der Waals surface area (Å²) < 4.78 is 1.65. The number of fused-ring (bicyclic) bond motifs is 1. The highest BCUT2D eigenvalue weighted by Gasteiger charge is 2.19. The van der Waals surface area contributed by atoms with Crippen molar-refractivity contribution in [3.8, 4) is 0 Å². The number of aryl methyl sites for hydroxylation is 1. The smallest absolute Gasteiger partial charge is 0.321 e. The number of carbonyl (C=O) groups is 1. The maximum Gasteiger partial charge on any atom is 0.321 e. The van der Waals surface area contributed by atoms with Crippen LogP contribution in [0.25, 0.3) is 5.65 Å². The van der Waals surface area contributed by atoms with Gasteiger partial charge in [-0.25, -0.2) is 4.79 Å². The fourth-order valence-corrected chi connectivity index (χ4v) is 2.62. The van der Waals surface area contributed by atoms with Crippen LogP contribution in [0.4, 0.5) is 16.3 Å². The molecule has 2 amide bonds. The van der Waals surface area contributed by atoms with Crippen LogP contribution in [0.2, 0.25) is 0 Å². The Balaban J connectivity index is 2.03. The molecule has 0 fully saturated rings. The Morgan fingerprint density at radius 1 is 1.15 bits per heavy atom. The lowest BCUT2D eigenvalue weighted by Crippen LogP contribution is -2.28. The Hall–Kier alpha value is -3.16. The second-order valence-corrected chi connectivity index (χ2v) is 6.42. The van der Waals surface area contributed by atoms with Crippen molar-refractivity contribution in [3.63, 3.8) is 0 Å². The van der Waals surface area contributed by atoms with E-state index in [4.69, 9.17) is 0 Å². The summed E-state index contributed by atoms with van der Waals surface area (Å²) in [5, 5.41) is 15.7. The van der Waals surface area contributed by atoms with E-state index in [0.717, 1.165) is 0 Å². The van der Waals surface area contributed by atoms with Crippen molar-refractivity contribution in [3.05, 3.63) is 47.8 Å². The summed E-state index contributed by atoms with van der Waals surface area (Å²) in [5.74, 6) is 1.37. The van der Waals surface area contributed by atoms with Gasteiger partial charge in [0.1, 0.15) is 0 Å². The van der Waals surface area contributed by atoms with Gasteiger partial charge < -0.3 is 15.1 Å². The Morgan fingerprint density at radius 2 is 1.85 bits per heavy atom. The summed E-state index contributed by atoms with van der Waals surface area (Å²) in [4.78, 5) is 15.6. The summed E-state index contributed by atoms with van der Waals surface area (Å²) >= 11 is 0. The van der Waals surface area contributed by atoms with Crippen molar-refractivity contribution in [2.24, 2.45) is 0 Å². The van der Waals surface area contributed by atoms with Crippen molar-refractivity contribution < 1.29 is 4.79 Å². The Morgan fingerprint density at radius 3 is 2.50 bits per heavy atom. The SMILES string of the molecule is Cc1nnc2c(NC(=O)N(C)C)cc(N(C)C(C)c3ccccc3)nn12.